The lowest BCUT2D eigenvalue weighted by atomic mass is 10.2. The van der Waals surface area contributed by atoms with Gasteiger partial charge in [-0.25, -0.2) is 4.98 Å². The summed E-state index contributed by atoms with van der Waals surface area (Å²) in [5.74, 6) is -1.65. The molecule has 3 nitrogen and oxygen atoms in total. The lowest BCUT2D eigenvalue weighted by Gasteiger charge is -2.11. The van der Waals surface area contributed by atoms with Crippen LogP contribution in [0.4, 0.5) is 18.9 Å². The number of hydrogen-bond acceptors (Lipinski definition) is 3. The number of carbonyl (C=O) groups excluding carboxylic acids is 1. The maximum absolute atomic E-state index is 12.3. The summed E-state index contributed by atoms with van der Waals surface area (Å²) in [5.41, 5.74) is 1.40. The molecule has 122 valence electrons. The molecular formula is C15H12ClF3N2OS. The fourth-order valence-electron chi connectivity index (χ4n) is 1.70. The summed E-state index contributed by atoms with van der Waals surface area (Å²) in [5, 5.41) is 3.12. The van der Waals surface area contributed by atoms with Crippen LogP contribution in [-0.4, -0.2) is 22.8 Å². The molecule has 1 aromatic heterocycles. The number of rotatable bonds is 4. The third-order valence-corrected chi connectivity index (χ3v) is 4.30. The van der Waals surface area contributed by atoms with Crippen LogP contribution >= 0.6 is 23.4 Å². The van der Waals surface area contributed by atoms with Gasteiger partial charge in [-0.2, -0.15) is 13.2 Å². The highest BCUT2D eigenvalue weighted by Crippen LogP contribution is 2.28. The Bertz CT molecular complexity index is 722. The van der Waals surface area contributed by atoms with Crippen molar-refractivity contribution in [2.75, 3.05) is 11.1 Å². The van der Waals surface area contributed by atoms with E-state index in [2.05, 4.69) is 10.3 Å². The summed E-state index contributed by atoms with van der Waals surface area (Å²) in [6.07, 6.45) is -2.99. The summed E-state index contributed by atoms with van der Waals surface area (Å²) >= 11 is 6.46. The number of amides is 1. The molecule has 2 aromatic rings. The lowest BCUT2D eigenvalue weighted by Crippen LogP contribution is -2.15. The minimum atomic E-state index is -4.33. The SMILES string of the molecule is Cc1ccc(NC(=O)c2cccnc2SCC(F)(F)F)cc1Cl. The Balaban J connectivity index is 2.17. The number of carbonyl (C=O) groups is 1. The maximum atomic E-state index is 12.3. The molecule has 0 aliphatic carbocycles. The monoisotopic (exact) mass is 360 g/mol. The molecule has 2 rings (SSSR count). The number of aryl methyl sites for hydroxylation is 1. The number of thioether (sulfide) groups is 1. The van der Waals surface area contributed by atoms with Gasteiger partial charge in [-0.1, -0.05) is 29.4 Å². The Labute approximate surface area is 140 Å². The van der Waals surface area contributed by atoms with E-state index in [1.165, 1.54) is 18.3 Å². The smallest absolute Gasteiger partial charge is 0.322 e. The van der Waals surface area contributed by atoms with Crippen molar-refractivity contribution in [2.24, 2.45) is 0 Å². The maximum Gasteiger partial charge on any atom is 0.398 e. The average molecular weight is 361 g/mol. The number of benzene rings is 1. The molecule has 0 bridgehead atoms. The lowest BCUT2D eigenvalue weighted by molar-refractivity contribution is -0.105. The second kappa shape index (κ2) is 7.23. The van der Waals surface area contributed by atoms with Gasteiger partial charge in [0.15, 0.2) is 0 Å². The number of alkyl halides is 3. The Kier molecular flexibility index (Phi) is 5.54. The number of halogens is 4. The fourth-order valence-corrected chi connectivity index (χ4v) is 2.63. The number of hydrogen-bond donors (Lipinski definition) is 1. The Morgan fingerprint density at radius 3 is 2.74 bits per heavy atom. The zero-order valence-electron chi connectivity index (χ0n) is 11.9. The quantitative estimate of drug-likeness (QED) is 0.784. The third kappa shape index (κ3) is 5.14. The van der Waals surface area contributed by atoms with Crippen LogP contribution in [0.15, 0.2) is 41.6 Å². The number of nitrogens with one attached hydrogen (secondary N) is 1. The largest absolute Gasteiger partial charge is 0.398 e. The minimum absolute atomic E-state index is 0.0283. The summed E-state index contributed by atoms with van der Waals surface area (Å²) < 4.78 is 37.0. The summed E-state index contributed by atoms with van der Waals surface area (Å²) in [7, 11) is 0. The second-order valence-corrected chi connectivity index (χ2v) is 6.05. The first-order chi connectivity index (χ1) is 10.8. The zero-order valence-corrected chi connectivity index (χ0v) is 13.5. The van der Waals surface area contributed by atoms with Gasteiger partial charge in [-0.3, -0.25) is 4.79 Å². The highest BCUT2D eigenvalue weighted by Gasteiger charge is 2.28. The van der Waals surface area contributed by atoms with Crippen LogP contribution in [0.1, 0.15) is 15.9 Å². The van der Waals surface area contributed by atoms with Gasteiger partial charge < -0.3 is 5.32 Å². The predicted molar refractivity (Wildman–Crippen MR) is 85.2 cm³/mol. The van der Waals surface area contributed by atoms with E-state index in [0.29, 0.717) is 22.5 Å². The fraction of sp³-hybridized carbons (Fsp3) is 0.200. The van der Waals surface area contributed by atoms with Gasteiger partial charge in [0.1, 0.15) is 5.03 Å². The summed E-state index contributed by atoms with van der Waals surface area (Å²) in [4.78, 5) is 16.1. The van der Waals surface area contributed by atoms with Crippen LogP contribution in [0, 0.1) is 6.92 Å². The minimum Gasteiger partial charge on any atom is -0.322 e. The van der Waals surface area contributed by atoms with Crippen LogP contribution in [0.2, 0.25) is 5.02 Å². The Morgan fingerprint density at radius 2 is 2.09 bits per heavy atom. The Morgan fingerprint density at radius 1 is 1.35 bits per heavy atom. The van der Waals surface area contributed by atoms with E-state index in [1.54, 1.807) is 18.2 Å². The first-order valence-electron chi connectivity index (χ1n) is 6.48. The number of pyridine rings is 1. The van der Waals surface area contributed by atoms with Gasteiger partial charge in [-0.15, -0.1) is 0 Å². The summed E-state index contributed by atoms with van der Waals surface area (Å²) in [6.45, 7) is 1.82. The highest BCUT2D eigenvalue weighted by atomic mass is 35.5. The molecular weight excluding hydrogens is 349 g/mol. The van der Waals surface area contributed by atoms with Gasteiger partial charge in [0.2, 0.25) is 0 Å². The number of aromatic nitrogens is 1. The first-order valence-corrected chi connectivity index (χ1v) is 7.85. The van der Waals surface area contributed by atoms with Crippen molar-refractivity contribution >= 4 is 35.0 Å². The van der Waals surface area contributed by atoms with Crippen molar-refractivity contribution in [3.05, 3.63) is 52.7 Å². The van der Waals surface area contributed by atoms with Crippen molar-refractivity contribution in [1.29, 1.82) is 0 Å². The van der Waals surface area contributed by atoms with E-state index in [0.717, 1.165) is 5.56 Å². The summed E-state index contributed by atoms with van der Waals surface area (Å²) in [6, 6.07) is 7.90. The van der Waals surface area contributed by atoms with E-state index in [4.69, 9.17) is 11.6 Å². The van der Waals surface area contributed by atoms with Crippen molar-refractivity contribution in [1.82, 2.24) is 4.98 Å². The van der Waals surface area contributed by atoms with Crippen LogP contribution in [0.3, 0.4) is 0 Å². The van der Waals surface area contributed by atoms with Crippen LogP contribution < -0.4 is 5.32 Å². The van der Waals surface area contributed by atoms with Crippen molar-refractivity contribution in [3.63, 3.8) is 0 Å². The van der Waals surface area contributed by atoms with Crippen molar-refractivity contribution in [3.8, 4) is 0 Å². The van der Waals surface area contributed by atoms with E-state index in [9.17, 15) is 18.0 Å². The molecule has 0 fully saturated rings. The average Bonchev–Trinajstić information content (AvgIpc) is 2.48. The molecule has 0 saturated carbocycles. The molecule has 23 heavy (non-hydrogen) atoms. The molecule has 1 heterocycles. The topological polar surface area (TPSA) is 42.0 Å². The molecule has 0 unspecified atom stereocenters. The van der Waals surface area contributed by atoms with Crippen LogP contribution in [0.25, 0.3) is 0 Å². The molecule has 0 aliphatic heterocycles. The van der Waals surface area contributed by atoms with Crippen molar-refractivity contribution in [2.45, 2.75) is 18.1 Å². The molecule has 0 aliphatic rings. The van der Waals surface area contributed by atoms with Gasteiger partial charge in [0.05, 0.1) is 11.3 Å². The van der Waals surface area contributed by atoms with Gasteiger partial charge in [-0.05, 0) is 36.8 Å². The van der Waals surface area contributed by atoms with E-state index in [-0.39, 0.29) is 10.6 Å². The molecule has 0 radical (unpaired) electrons. The van der Waals surface area contributed by atoms with E-state index >= 15 is 0 Å². The van der Waals surface area contributed by atoms with Gasteiger partial charge in [0.25, 0.3) is 5.91 Å². The molecule has 1 aromatic carbocycles. The zero-order chi connectivity index (χ0) is 17.0. The van der Waals surface area contributed by atoms with Crippen LogP contribution in [0.5, 0.6) is 0 Å². The standard InChI is InChI=1S/C15H12ClF3N2OS/c1-9-4-5-10(7-12(9)16)21-13(22)11-3-2-6-20-14(11)23-8-15(17,18)19/h2-7H,8H2,1H3,(H,21,22). The highest BCUT2D eigenvalue weighted by molar-refractivity contribution is 7.99. The molecule has 1 amide bonds. The molecule has 0 atom stereocenters. The normalized spacial score (nSPS) is 11.3. The molecule has 0 saturated heterocycles. The molecule has 8 heteroatoms. The van der Waals surface area contributed by atoms with E-state index in [1.807, 2.05) is 6.92 Å². The first kappa shape index (κ1) is 17.6. The predicted octanol–water partition coefficient (Wildman–Crippen LogP) is 4.95. The molecule has 1 N–H and O–H groups in total. The molecule has 0 spiro atoms. The van der Waals surface area contributed by atoms with E-state index < -0.39 is 17.8 Å². The number of nitrogens with zero attached hydrogens (tertiary/aromatic N) is 1. The van der Waals surface area contributed by atoms with Crippen molar-refractivity contribution < 1.29 is 18.0 Å². The second-order valence-electron chi connectivity index (χ2n) is 4.68. The Hall–Kier alpha value is -1.73. The van der Waals surface area contributed by atoms with Gasteiger partial charge in [0, 0.05) is 16.9 Å². The third-order valence-electron chi connectivity index (χ3n) is 2.82. The number of anilines is 1. The van der Waals surface area contributed by atoms with Gasteiger partial charge >= 0.3 is 6.18 Å². The van der Waals surface area contributed by atoms with Crippen LogP contribution in [-0.2, 0) is 0 Å².